The molecule has 138 valence electrons. The highest BCUT2D eigenvalue weighted by Gasteiger charge is 2.30. The third kappa shape index (κ3) is 3.41. The Morgan fingerprint density at radius 2 is 1.81 bits per heavy atom. The molecule has 2 heteroatoms. The molecule has 4 rings (SSSR count). The van der Waals surface area contributed by atoms with Crippen LogP contribution in [0.4, 0.5) is 0 Å². The van der Waals surface area contributed by atoms with Crippen LogP contribution in [-0.4, -0.2) is 10.8 Å². The van der Waals surface area contributed by atoms with Crippen molar-refractivity contribution in [1.82, 2.24) is 4.98 Å². The smallest absolute Gasteiger partial charge is 0.207 e. The first-order valence-corrected chi connectivity index (χ1v) is 10.2. The molecule has 0 aliphatic heterocycles. The lowest BCUT2D eigenvalue weighted by atomic mass is 9.79. The van der Waals surface area contributed by atoms with Crippen molar-refractivity contribution >= 4 is 17.4 Å². The topological polar surface area (TPSA) is 30.0 Å². The number of aromatic nitrogens is 1. The van der Waals surface area contributed by atoms with Gasteiger partial charge in [0.2, 0.25) is 5.78 Å². The van der Waals surface area contributed by atoms with Crippen molar-refractivity contribution in [3.8, 4) is 0 Å². The Morgan fingerprint density at radius 1 is 1.04 bits per heavy atom. The van der Waals surface area contributed by atoms with Crippen molar-refractivity contribution in [2.24, 2.45) is 0 Å². The van der Waals surface area contributed by atoms with Crippen LogP contribution in [0.1, 0.15) is 77.5 Å². The molecule has 0 atom stereocenters. The molecule has 0 unspecified atom stereocenters. The summed E-state index contributed by atoms with van der Waals surface area (Å²) in [5.74, 6) is 0.0569. The molecule has 0 fully saturated rings. The summed E-state index contributed by atoms with van der Waals surface area (Å²) in [6, 6.07) is 10.4. The molecule has 27 heavy (non-hydrogen) atoms. The molecule has 2 aliphatic carbocycles. The summed E-state index contributed by atoms with van der Waals surface area (Å²) < 4.78 is 0. The molecule has 2 nitrogen and oxygen atoms in total. The first-order chi connectivity index (χ1) is 13.2. The highest BCUT2D eigenvalue weighted by molar-refractivity contribution is 6.09. The van der Waals surface area contributed by atoms with Gasteiger partial charge in [-0.1, -0.05) is 50.3 Å². The second-order valence-corrected chi connectivity index (χ2v) is 7.71. The van der Waals surface area contributed by atoms with Crippen molar-refractivity contribution in [1.29, 1.82) is 0 Å². The van der Waals surface area contributed by atoms with Crippen molar-refractivity contribution < 1.29 is 4.79 Å². The van der Waals surface area contributed by atoms with E-state index in [2.05, 4.69) is 43.8 Å². The quantitative estimate of drug-likeness (QED) is 0.629. The standard InChI is InChI=1S/C25H27NO/c1-3-4-12-20-21-13-8-11-19(16-18-9-6-5-7-10-18)23(21)26-24-22(20)15-14-17(2)25(24)27/h5-7,9-10,16H,2-4,8,11-15H2,1H3/b19-16+. The normalized spacial score (nSPS) is 17.7. The predicted molar refractivity (Wildman–Crippen MR) is 112 cm³/mol. The summed E-state index contributed by atoms with van der Waals surface area (Å²) >= 11 is 0. The van der Waals surface area contributed by atoms with E-state index in [0.29, 0.717) is 11.3 Å². The Labute approximate surface area is 162 Å². The van der Waals surface area contributed by atoms with Gasteiger partial charge in [0.25, 0.3) is 0 Å². The number of hydrogen-bond acceptors (Lipinski definition) is 2. The van der Waals surface area contributed by atoms with Gasteiger partial charge in [-0.2, -0.15) is 0 Å². The minimum atomic E-state index is 0.0569. The molecule has 0 radical (unpaired) electrons. The SMILES string of the molecule is C=C1CCc2c(nc3c(c2CCCC)CCC/C3=C\c2ccccc2)C1=O. The molecule has 0 saturated carbocycles. The molecule has 2 aliphatic rings. The van der Waals surface area contributed by atoms with Gasteiger partial charge in [-0.3, -0.25) is 4.79 Å². The minimum Gasteiger partial charge on any atom is -0.287 e. The third-order valence-electron chi connectivity index (χ3n) is 5.83. The van der Waals surface area contributed by atoms with Crippen LogP contribution in [0, 0.1) is 0 Å². The lowest BCUT2D eigenvalue weighted by molar-refractivity contribution is 0.102. The zero-order valence-electron chi connectivity index (χ0n) is 16.2. The highest BCUT2D eigenvalue weighted by atomic mass is 16.1. The molecule has 1 aromatic heterocycles. The number of unbranched alkanes of at least 4 members (excludes halogenated alkanes) is 1. The Kier molecular flexibility index (Phi) is 5.07. The summed E-state index contributed by atoms with van der Waals surface area (Å²) in [6.07, 6.45) is 10.6. The van der Waals surface area contributed by atoms with Gasteiger partial charge in [-0.25, -0.2) is 4.98 Å². The fraction of sp³-hybridized carbons (Fsp3) is 0.360. The second kappa shape index (κ2) is 7.64. The van der Waals surface area contributed by atoms with E-state index < -0.39 is 0 Å². The molecule has 2 aromatic rings. The van der Waals surface area contributed by atoms with Gasteiger partial charge < -0.3 is 0 Å². The highest BCUT2D eigenvalue weighted by Crippen LogP contribution is 2.38. The van der Waals surface area contributed by atoms with Gasteiger partial charge in [-0.05, 0) is 84.4 Å². The van der Waals surface area contributed by atoms with Gasteiger partial charge in [0.15, 0.2) is 0 Å². The number of Topliss-reactive ketones (excluding diaryl/α,β-unsaturated/α-hetero) is 1. The molecule has 1 aromatic carbocycles. The summed E-state index contributed by atoms with van der Waals surface area (Å²) in [4.78, 5) is 17.8. The van der Waals surface area contributed by atoms with Gasteiger partial charge in [0, 0.05) is 0 Å². The number of pyridine rings is 1. The Morgan fingerprint density at radius 3 is 2.59 bits per heavy atom. The van der Waals surface area contributed by atoms with Crippen LogP contribution >= 0.6 is 0 Å². The fourth-order valence-corrected chi connectivity index (χ4v) is 4.38. The Bertz CT molecular complexity index is 921. The average molecular weight is 357 g/mol. The monoisotopic (exact) mass is 357 g/mol. The number of nitrogens with zero attached hydrogens (tertiary/aromatic N) is 1. The minimum absolute atomic E-state index is 0.0569. The average Bonchev–Trinajstić information content (AvgIpc) is 2.70. The van der Waals surface area contributed by atoms with Crippen LogP contribution in [0.5, 0.6) is 0 Å². The Balaban J connectivity index is 1.89. The van der Waals surface area contributed by atoms with E-state index >= 15 is 0 Å². The van der Waals surface area contributed by atoms with Crippen LogP contribution in [0.15, 0.2) is 42.5 Å². The first kappa shape index (κ1) is 17.9. The fourth-order valence-electron chi connectivity index (χ4n) is 4.38. The first-order valence-electron chi connectivity index (χ1n) is 10.2. The van der Waals surface area contributed by atoms with Crippen molar-refractivity contribution in [2.75, 3.05) is 0 Å². The van der Waals surface area contributed by atoms with Crippen molar-refractivity contribution in [3.05, 3.63) is 76.1 Å². The number of carbonyl (C=O) groups is 1. The maximum atomic E-state index is 12.8. The number of carbonyl (C=O) groups excluding carboxylic acids is 1. The van der Waals surface area contributed by atoms with E-state index in [1.54, 1.807) is 0 Å². The van der Waals surface area contributed by atoms with E-state index in [-0.39, 0.29) is 5.78 Å². The van der Waals surface area contributed by atoms with Crippen LogP contribution in [0.3, 0.4) is 0 Å². The second-order valence-electron chi connectivity index (χ2n) is 7.71. The zero-order valence-corrected chi connectivity index (χ0v) is 16.2. The molecule has 1 heterocycles. The third-order valence-corrected chi connectivity index (χ3v) is 5.83. The number of ketones is 1. The van der Waals surface area contributed by atoms with Gasteiger partial charge in [0.05, 0.1) is 5.69 Å². The lowest BCUT2D eigenvalue weighted by Gasteiger charge is -2.28. The van der Waals surface area contributed by atoms with Crippen LogP contribution in [-0.2, 0) is 19.3 Å². The van der Waals surface area contributed by atoms with E-state index in [4.69, 9.17) is 4.98 Å². The summed E-state index contributed by atoms with van der Waals surface area (Å²) in [6.45, 7) is 6.21. The van der Waals surface area contributed by atoms with Gasteiger partial charge in [-0.15, -0.1) is 0 Å². The van der Waals surface area contributed by atoms with E-state index in [0.717, 1.165) is 50.6 Å². The molecular formula is C25H27NO. The van der Waals surface area contributed by atoms with Crippen LogP contribution in [0.25, 0.3) is 11.6 Å². The molecule has 0 amide bonds. The summed E-state index contributed by atoms with van der Waals surface area (Å²) in [7, 11) is 0. The molecule has 0 N–H and O–H groups in total. The maximum absolute atomic E-state index is 12.8. The van der Waals surface area contributed by atoms with Crippen molar-refractivity contribution in [3.63, 3.8) is 0 Å². The van der Waals surface area contributed by atoms with E-state index in [1.165, 1.54) is 34.2 Å². The number of rotatable bonds is 4. The molecule has 0 bridgehead atoms. The number of benzene rings is 1. The molecule has 0 saturated heterocycles. The lowest BCUT2D eigenvalue weighted by Crippen LogP contribution is -2.22. The van der Waals surface area contributed by atoms with Crippen molar-refractivity contribution in [2.45, 2.75) is 58.3 Å². The molecule has 0 spiro atoms. The van der Waals surface area contributed by atoms with Gasteiger partial charge >= 0.3 is 0 Å². The van der Waals surface area contributed by atoms with Gasteiger partial charge in [0.1, 0.15) is 5.69 Å². The number of allylic oxidation sites excluding steroid dienone is 2. The van der Waals surface area contributed by atoms with E-state index in [1.807, 2.05) is 6.07 Å². The van der Waals surface area contributed by atoms with Crippen LogP contribution < -0.4 is 0 Å². The van der Waals surface area contributed by atoms with E-state index in [9.17, 15) is 4.79 Å². The Hall–Kier alpha value is -2.48. The number of hydrogen-bond donors (Lipinski definition) is 0. The maximum Gasteiger partial charge on any atom is 0.207 e. The predicted octanol–water partition coefficient (Wildman–Crippen LogP) is 5.99. The zero-order chi connectivity index (χ0) is 18.8. The summed E-state index contributed by atoms with van der Waals surface area (Å²) in [5.41, 5.74) is 8.95. The number of fused-ring (bicyclic) bond motifs is 2. The largest absolute Gasteiger partial charge is 0.287 e. The van der Waals surface area contributed by atoms with Crippen LogP contribution in [0.2, 0.25) is 0 Å². The molecular weight excluding hydrogens is 330 g/mol. The summed E-state index contributed by atoms with van der Waals surface area (Å²) in [5, 5.41) is 0.